The quantitative estimate of drug-likeness (QED) is 0.0470. The van der Waals surface area contributed by atoms with Gasteiger partial charge in [-0.3, -0.25) is 9.69 Å². The van der Waals surface area contributed by atoms with Crippen molar-refractivity contribution in [2.45, 2.75) is 94.9 Å². The number of anilines is 7. The number of benzene rings is 3. The predicted octanol–water partition coefficient (Wildman–Crippen LogP) is 8.87. The smallest absolute Gasteiger partial charge is 0.229 e. The van der Waals surface area contributed by atoms with Crippen molar-refractivity contribution in [2.75, 3.05) is 124 Å². The minimum atomic E-state index is -3.59. The number of carbonyl (C=O) groups is 1. The van der Waals surface area contributed by atoms with Gasteiger partial charge in [-0.1, -0.05) is 29.8 Å². The van der Waals surface area contributed by atoms with E-state index in [-0.39, 0.29) is 51.5 Å². The van der Waals surface area contributed by atoms with Crippen molar-refractivity contribution >= 4 is 67.8 Å². The Hall–Kier alpha value is -5.90. The van der Waals surface area contributed by atoms with E-state index in [0.29, 0.717) is 76.3 Å². The highest BCUT2D eigenvalue weighted by atomic mass is 35.5. The largest absolute Gasteiger partial charge is 0.489 e. The highest BCUT2D eigenvalue weighted by Gasteiger charge is 2.28. The molecule has 0 spiro atoms. The molecule has 1 atom stereocenters. The SMILES string of the molecule is Cc1cc(Nc2ncc(Cl)c(Nc3ccccc3S(=O)(=O)C(C)C)n2)c(OC(C)C)cc1C1CCN(C(=O)CCOCCOCCOCCN2CCN(c3cc(N[C@@H]4CCCN(c5cccc(F)c5)C4)ncn3)CC2)CC1. The van der Waals surface area contributed by atoms with E-state index in [4.69, 9.17) is 30.5 Å². The second kappa shape index (κ2) is 27.6. The third-order valence-electron chi connectivity index (χ3n) is 14.1. The van der Waals surface area contributed by atoms with E-state index in [1.807, 2.05) is 36.9 Å². The predicted molar refractivity (Wildman–Crippen MR) is 301 cm³/mol. The number of aryl methyl sites for hydroxylation is 1. The fourth-order valence-corrected chi connectivity index (χ4v) is 11.3. The number of hydrogen-bond acceptors (Lipinski definition) is 17. The topological polar surface area (TPSA) is 189 Å². The van der Waals surface area contributed by atoms with Crippen LogP contribution < -0.4 is 30.5 Å². The summed E-state index contributed by atoms with van der Waals surface area (Å²) in [5, 5.41) is 9.63. The molecule has 3 saturated heterocycles. The molecule has 0 saturated carbocycles. The number of para-hydroxylation sites is 1. The van der Waals surface area contributed by atoms with Gasteiger partial charge in [-0.15, -0.1) is 0 Å². The number of halogens is 2. The van der Waals surface area contributed by atoms with Crippen LogP contribution in [0, 0.1) is 12.7 Å². The number of hydrogen-bond donors (Lipinski definition) is 3. The summed E-state index contributed by atoms with van der Waals surface area (Å²) < 4.78 is 63.8. The normalized spacial score (nSPS) is 16.8. The van der Waals surface area contributed by atoms with Crippen LogP contribution in [0.2, 0.25) is 5.02 Å². The van der Waals surface area contributed by atoms with Crippen LogP contribution in [0.25, 0.3) is 0 Å². The molecule has 5 aromatic rings. The van der Waals surface area contributed by atoms with E-state index in [1.165, 1.54) is 17.8 Å². The molecular weight excluding hydrogens is 1030 g/mol. The van der Waals surface area contributed by atoms with Crippen LogP contribution in [-0.2, 0) is 28.8 Å². The molecule has 21 heteroatoms. The minimum absolute atomic E-state index is 0.0869. The van der Waals surface area contributed by atoms with Crippen molar-refractivity contribution in [1.82, 2.24) is 29.7 Å². The Morgan fingerprint density at radius 2 is 1.53 bits per heavy atom. The fraction of sp³-hybridized carbons (Fsp3) is 0.518. The second-order valence-electron chi connectivity index (χ2n) is 20.3. The van der Waals surface area contributed by atoms with E-state index >= 15 is 0 Å². The van der Waals surface area contributed by atoms with Gasteiger partial charge < -0.3 is 49.6 Å². The minimum Gasteiger partial charge on any atom is -0.489 e. The second-order valence-corrected chi connectivity index (χ2v) is 23.2. The number of piperazine rings is 1. The molecule has 3 aromatic carbocycles. The van der Waals surface area contributed by atoms with Gasteiger partial charge in [0.25, 0.3) is 0 Å². The zero-order valence-corrected chi connectivity index (χ0v) is 46.6. The van der Waals surface area contributed by atoms with Crippen LogP contribution in [0.3, 0.4) is 0 Å². The zero-order chi connectivity index (χ0) is 54.3. The number of piperidine rings is 2. The van der Waals surface area contributed by atoms with Crippen LogP contribution in [-0.4, -0.2) is 160 Å². The van der Waals surface area contributed by atoms with Crippen LogP contribution in [0.5, 0.6) is 5.75 Å². The van der Waals surface area contributed by atoms with Gasteiger partial charge in [0.2, 0.25) is 11.9 Å². The lowest BCUT2D eigenvalue weighted by atomic mass is 9.86. The van der Waals surface area contributed by atoms with Crippen molar-refractivity contribution in [3.8, 4) is 5.75 Å². The lowest BCUT2D eigenvalue weighted by Crippen LogP contribution is -2.47. The highest BCUT2D eigenvalue weighted by molar-refractivity contribution is 7.92. The third-order valence-corrected chi connectivity index (χ3v) is 16.6. The Morgan fingerprint density at radius 3 is 2.27 bits per heavy atom. The molecule has 0 radical (unpaired) electrons. The first-order chi connectivity index (χ1) is 37.2. The number of nitrogens with zero attached hydrogens (tertiary/aromatic N) is 8. The number of amides is 1. The number of ether oxygens (including phenoxy) is 4. The number of rotatable bonds is 25. The van der Waals surface area contributed by atoms with Gasteiger partial charge in [-0.25, -0.2) is 27.8 Å². The molecule has 2 aromatic heterocycles. The molecule has 0 bridgehead atoms. The van der Waals surface area contributed by atoms with Gasteiger partial charge in [0, 0.05) is 76.7 Å². The van der Waals surface area contributed by atoms with Crippen LogP contribution in [0.1, 0.15) is 76.8 Å². The van der Waals surface area contributed by atoms with Gasteiger partial charge in [0.05, 0.1) is 79.9 Å². The average Bonchev–Trinajstić information content (AvgIpc) is 3.42. The lowest BCUT2D eigenvalue weighted by molar-refractivity contribution is -0.133. The van der Waals surface area contributed by atoms with Gasteiger partial charge in [0.1, 0.15) is 34.6 Å². The molecule has 416 valence electrons. The first-order valence-electron chi connectivity index (χ1n) is 27.0. The maximum atomic E-state index is 13.9. The standard InChI is InChI=1S/C56H75ClFN11O7S/c1-39(2)76-50-34-46(41(5)32-49(50)64-56-59-36-47(57)55(65-56)63-48-13-6-7-14-51(48)77(71,72)40(3)4)42-15-19-68(20-16-42)54(70)17-26-73-28-30-75-31-29-74-27-25-66-21-23-67(24-22-66)53-35-52(60-38-61-53)62-44-11-9-18-69(37-44)45-12-8-10-43(58)33-45/h6-8,10,12-14,32-36,38-40,42,44H,9,11,15-31,37H2,1-5H3,(H,60,61,62)(H2,59,63,64,65)/t44-/m1/s1. The zero-order valence-electron chi connectivity index (χ0n) is 45.1. The molecule has 8 rings (SSSR count). The fourth-order valence-electron chi connectivity index (χ4n) is 9.93. The molecular formula is C56H75ClFN11O7S. The van der Waals surface area contributed by atoms with Gasteiger partial charge in [0.15, 0.2) is 15.7 Å². The molecule has 3 aliphatic rings. The Balaban J connectivity index is 0.685. The summed E-state index contributed by atoms with van der Waals surface area (Å²) in [7, 11) is -3.59. The first kappa shape index (κ1) is 57.3. The number of carbonyl (C=O) groups excluding carboxylic acids is 1. The van der Waals surface area contributed by atoms with Gasteiger partial charge in [-0.2, -0.15) is 4.98 Å². The van der Waals surface area contributed by atoms with E-state index in [0.717, 1.165) is 94.4 Å². The molecule has 3 N–H and O–H groups in total. The molecule has 3 fully saturated rings. The summed E-state index contributed by atoms with van der Waals surface area (Å²) >= 11 is 6.52. The Kier molecular flexibility index (Phi) is 20.5. The number of aromatic nitrogens is 4. The summed E-state index contributed by atoms with van der Waals surface area (Å²) in [6.45, 7) is 19.5. The highest BCUT2D eigenvalue weighted by Crippen LogP contribution is 2.39. The van der Waals surface area contributed by atoms with Crippen LogP contribution >= 0.6 is 11.6 Å². The summed E-state index contributed by atoms with van der Waals surface area (Å²) in [5.74, 6) is 2.99. The van der Waals surface area contributed by atoms with Crippen molar-refractivity contribution < 1.29 is 36.6 Å². The molecule has 0 aliphatic carbocycles. The monoisotopic (exact) mass is 1100 g/mol. The lowest BCUT2D eigenvalue weighted by Gasteiger charge is -2.36. The molecule has 0 unspecified atom stereocenters. The van der Waals surface area contributed by atoms with Gasteiger partial charge in [-0.05, 0) is 120 Å². The molecule has 5 heterocycles. The van der Waals surface area contributed by atoms with E-state index in [9.17, 15) is 17.6 Å². The molecule has 18 nitrogen and oxygen atoms in total. The third kappa shape index (κ3) is 16.1. The van der Waals surface area contributed by atoms with Crippen molar-refractivity contribution in [3.63, 3.8) is 0 Å². The van der Waals surface area contributed by atoms with Crippen molar-refractivity contribution in [3.05, 3.63) is 101 Å². The maximum absolute atomic E-state index is 13.9. The molecule has 77 heavy (non-hydrogen) atoms. The average molecular weight is 1100 g/mol. The molecule has 3 aliphatic heterocycles. The molecule has 1 amide bonds. The van der Waals surface area contributed by atoms with Crippen LogP contribution in [0.15, 0.2) is 84.1 Å². The number of nitrogens with one attached hydrogen (secondary N) is 3. The maximum Gasteiger partial charge on any atom is 0.229 e. The van der Waals surface area contributed by atoms with Gasteiger partial charge >= 0.3 is 0 Å². The summed E-state index contributed by atoms with van der Waals surface area (Å²) in [6, 6.07) is 19.8. The number of sulfone groups is 1. The van der Waals surface area contributed by atoms with Crippen molar-refractivity contribution in [1.29, 1.82) is 0 Å². The Morgan fingerprint density at radius 1 is 0.792 bits per heavy atom. The Bertz CT molecular complexity index is 2840. The number of likely N-dealkylation sites (tertiary alicyclic amines) is 1. The summed E-state index contributed by atoms with van der Waals surface area (Å²) in [6.07, 6.45) is 7.00. The van der Waals surface area contributed by atoms with E-state index in [2.05, 4.69) is 63.6 Å². The van der Waals surface area contributed by atoms with Crippen molar-refractivity contribution in [2.24, 2.45) is 0 Å². The van der Waals surface area contributed by atoms with Crippen LogP contribution in [0.4, 0.5) is 44.9 Å². The van der Waals surface area contributed by atoms with E-state index < -0.39 is 15.1 Å². The first-order valence-corrected chi connectivity index (χ1v) is 28.9. The summed E-state index contributed by atoms with van der Waals surface area (Å²) in [5.41, 5.74) is 4.19. The Labute approximate surface area is 458 Å². The summed E-state index contributed by atoms with van der Waals surface area (Å²) in [4.78, 5) is 40.3. The van der Waals surface area contributed by atoms with E-state index in [1.54, 1.807) is 56.6 Å².